The molecule has 0 N–H and O–H groups in total. The lowest BCUT2D eigenvalue weighted by molar-refractivity contribution is 0.211. The van der Waals surface area contributed by atoms with Gasteiger partial charge in [-0.2, -0.15) is 4.31 Å². The Morgan fingerprint density at radius 2 is 1.58 bits per heavy atom. The number of sulfonamides is 1. The molecule has 4 rings (SSSR count). The molecule has 3 aromatic carbocycles. The number of hydrogen-bond acceptors (Lipinski definition) is 7. The first kappa shape index (κ1) is 22.8. The summed E-state index contributed by atoms with van der Waals surface area (Å²) in [7, 11) is -4.39. The molecule has 1 amide bonds. The number of hydrogen-bond donors (Lipinski definition) is 0. The van der Waals surface area contributed by atoms with Crippen molar-refractivity contribution in [1.29, 1.82) is 0 Å². The SMILES string of the molecule is Cc1cc(C)c(C)c(S(=O)(=O)N(C(=O)Oc2ccccc2)c2ccc3oc(=O)sc3c2)c1C. The highest BCUT2D eigenvalue weighted by atomic mass is 32.2. The van der Waals surface area contributed by atoms with Crippen LogP contribution in [-0.2, 0) is 10.0 Å². The first-order valence-electron chi connectivity index (χ1n) is 10.0. The Morgan fingerprint density at radius 1 is 0.939 bits per heavy atom. The lowest BCUT2D eigenvalue weighted by Crippen LogP contribution is -2.39. The maximum atomic E-state index is 14.0. The van der Waals surface area contributed by atoms with E-state index >= 15 is 0 Å². The van der Waals surface area contributed by atoms with Gasteiger partial charge in [0.15, 0.2) is 0 Å². The van der Waals surface area contributed by atoms with Crippen molar-refractivity contribution >= 4 is 43.4 Å². The molecular formula is C24H21NO6S2. The molecule has 1 aromatic heterocycles. The van der Waals surface area contributed by atoms with Gasteiger partial charge < -0.3 is 9.15 Å². The van der Waals surface area contributed by atoms with Gasteiger partial charge in [-0.15, -0.1) is 0 Å². The molecular weight excluding hydrogens is 462 g/mol. The van der Waals surface area contributed by atoms with Crippen molar-refractivity contribution in [3.8, 4) is 5.75 Å². The van der Waals surface area contributed by atoms with Crippen LogP contribution in [0.5, 0.6) is 5.75 Å². The van der Waals surface area contributed by atoms with Crippen LogP contribution in [0.4, 0.5) is 10.5 Å². The van der Waals surface area contributed by atoms with Crippen molar-refractivity contribution in [2.24, 2.45) is 0 Å². The van der Waals surface area contributed by atoms with E-state index in [-0.39, 0.29) is 16.3 Å². The molecule has 7 nitrogen and oxygen atoms in total. The molecule has 0 spiro atoms. The number of carbonyl (C=O) groups excluding carboxylic acids is 1. The molecule has 4 aromatic rings. The number of amides is 1. The summed E-state index contributed by atoms with van der Waals surface area (Å²) >= 11 is 0.821. The average Bonchev–Trinajstić information content (AvgIpc) is 3.12. The summed E-state index contributed by atoms with van der Waals surface area (Å²) in [6.07, 6.45) is -1.09. The fourth-order valence-electron chi connectivity index (χ4n) is 3.62. The Labute approximate surface area is 194 Å². The summed E-state index contributed by atoms with van der Waals surface area (Å²) in [6.45, 7) is 7.06. The molecule has 0 saturated carbocycles. The van der Waals surface area contributed by atoms with E-state index in [1.807, 2.05) is 19.9 Å². The van der Waals surface area contributed by atoms with Crippen LogP contribution in [-0.4, -0.2) is 14.5 Å². The number of aryl methyl sites for hydroxylation is 2. The van der Waals surface area contributed by atoms with Crippen LogP contribution in [0.15, 0.2) is 68.7 Å². The molecule has 33 heavy (non-hydrogen) atoms. The van der Waals surface area contributed by atoms with Crippen molar-refractivity contribution in [2.75, 3.05) is 4.31 Å². The zero-order chi connectivity index (χ0) is 23.9. The van der Waals surface area contributed by atoms with Crippen LogP contribution in [0.25, 0.3) is 10.3 Å². The molecule has 170 valence electrons. The summed E-state index contributed by atoms with van der Waals surface area (Å²) in [5, 5.41) is 0. The Hall–Kier alpha value is -3.43. The zero-order valence-corrected chi connectivity index (χ0v) is 20.0. The van der Waals surface area contributed by atoms with Gasteiger partial charge in [-0.1, -0.05) is 35.6 Å². The van der Waals surface area contributed by atoms with Gasteiger partial charge in [0.25, 0.3) is 10.0 Å². The van der Waals surface area contributed by atoms with E-state index < -0.39 is 21.1 Å². The number of carbonyl (C=O) groups is 1. The van der Waals surface area contributed by atoms with Gasteiger partial charge in [-0.05, 0) is 80.3 Å². The Kier molecular flexibility index (Phi) is 5.85. The van der Waals surface area contributed by atoms with Crippen molar-refractivity contribution in [2.45, 2.75) is 32.6 Å². The van der Waals surface area contributed by atoms with Gasteiger partial charge in [-0.25, -0.2) is 18.0 Å². The largest absolute Gasteiger partial charge is 0.434 e. The minimum Gasteiger partial charge on any atom is -0.414 e. The van der Waals surface area contributed by atoms with Gasteiger partial charge in [-0.3, -0.25) is 0 Å². The number of benzene rings is 3. The van der Waals surface area contributed by atoms with Crippen LogP contribution in [0, 0.1) is 27.7 Å². The smallest absolute Gasteiger partial charge is 0.414 e. The van der Waals surface area contributed by atoms with Gasteiger partial charge in [0.1, 0.15) is 11.3 Å². The molecule has 0 saturated heterocycles. The summed E-state index contributed by atoms with van der Waals surface area (Å²) in [4.78, 5) is 24.5. The quantitative estimate of drug-likeness (QED) is 0.381. The number of para-hydroxylation sites is 1. The number of ether oxygens (including phenoxy) is 1. The molecule has 0 atom stereocenters. The summed E-state index contributed by atoms with van der Waals surface area (Å²) in [5.41, 5.74) is 3.02. The molecule has 0 unspecified atom stereocenters. The highest BCUT2D eigenvalue weighted by molar-refractivity contribution is 7.93. The minimum atomic E-state index is -4.39. The molecule has 9 heteroatoms. The lowest BCUT2D eigenvalue weighted by atomic mass is 10.0. The predicted molar refractivity (Wildman–Crippen MR) is 128 cm³/mol. The van der Waals surface area contributed by atoms with Gasteiger partial charge in [0, 0.05) is 0 Å². The van der Waals surface area contributed by atoms with Crippen molar-refractivity contribution in [3.05, 3.63) is 86.6 Å². The Morgan fingerprint density at radius 3 is 2.21 bits per heavy atom. The maximum absolute atomic E-state index is 14.0. The Bertz CT molecular complexity index is 1510. The molecule has 0 radical (unpaired) electrons. The first-order valence-corrected chi connectivity index (χ1v) is 12.3. The lowest BCUT2D eigenvalue weighted by Gasteiger charge is -2.25. The van der Waals surface area contributed by atoms with E-state index in [4.69, 9.17) is 9.15 Å². The van der Waals surface area contributed by atoms with Gasteiger partial charge >= 0.3 is 11.0 Å². The predicted octanol–water partition coefficient (Wildman–Crippen LogP) is 5.48. The van der Waals surface area contributed by atoms with Crippen LogP contribution < -0.4 is 14.0 Å². The second-order valence-electron chi connectivity index (χ2n) is 7.63. The standard InChI is InChI=1S/C24H21NO6S2/c1-14-12-15(2)17(4)22(16(14)3)33(28,29)25(23(26)30-19-8-6-5-7-9-19)18-10-11-20-21(13-18)32-24(27)31-20/h5-13H,1-4H3. The van der Waals surface area contributed by atoms with Crippen molar-refractivity contribution < 1.29 is 22.4 Å². The normalized spacial score (nSPS) is 11.5. The molecule has 0 aliphatic rings. The summed E-state index contributed by atoms with van der Waals surface area (Å²) < 4.78 is 39.5. The van der Waals surface area contributed by atoms with E-state index in [9.17, 15) is 18.0 Å². The fourth-order valence-corrected chi connectivity index (χ4v) is 6.22. The second kappa shape index (κ2) is 8.49. The number of rotatable bonds is 4. The van der Waals surface area contributed by atoms with Gasteiger partial charge in [0.05, 0.1) is 15.3 Å². The summed E-state index contributed by atoms with van der Waals surface area (Å²) in [6, 6.07) is 14.4. The highest BCUT2D eigenvalue weighted by Gasteiger charge is 2.36. The van der Waals surface area contributed by atoms with E-state index in [1.54, 1.807) is 44.2 Å². The number of anilines is 1. The average molecular weight is 484 g/mol. The third-order valence-corrected chi connectivity index (χ3v) is 8.22. The van der Waals surface area contributed by atoms with Crippen LogP contribution in [0.1, 0.15) is 22.3 Å². The highest BCUT2D eigenvalue weighted by Crippen LogP contribution is 2.34. The van der Waals surface area contributed by atoms with Crippen LogP contribution in [0.3, 0.4) is 0 Å². The number of fused-ring (bicyclic) bond motifs is 1. The third-order valence-electron chi connectivity index (χ3n) is 5.46. The van der Waals surface area contributed by atoms with E-state index in [1.165, 1.54) is 18.2 Å². The number of nitrogens with zero attached hydrogens (tertiary/aromatic N) is 1. The monoisotopic (exact) mass is 483 g/mol. The van der Waals surface area contributed by atoms with Crippen molar-refractivity contribution in [3.63, 3.8) is 0 Å². The molecule has 0 aliphatic heterocycles. The maximum Gasteiger partial charge on any atom is 0.434 e. The molecule has 1 heterocycles. The summed E-state index contributed by atoms with van der Waals surface area (Å²) in [5.74, 6) is 0.200. The molecule has 0 aliphatic carbocycles. The fraction of sp³-hybridized carbons (Fsp3) is 0.167. The van der Waals surface area contributed by atoms with Gasteiger partial charge in [0.2, 0.25) is 0 Å². The Balaban J connectivity index is 1.93. The van der Waals surface area contributed by atoms with Crippen LogP contribution in [0.2, 0.25) is 0 Å². The van der Waals surface area contributed by atoms with E-state index in [0.29, 0.717) is 25.7 Å². The zero-order valence-electron chi connectivity index (χ0n) is 18.4. The molecule has 0 bridgehead atoms. The van der Waals surface area contributed by atoms with Crippen molar-refractivity contribution in [1.82, 2.24) is 0 Å². The first-order chi connectivity index (χ1) is 15.6. The topological polar surface area (TPSA) is 93.9 Å². The van der Waals surface area contributed by atoms with E-state index in [2.05, 4.69) is 0 Å². The second-order valence-corrected chi connectivity index (χ2v) is 10.3. The third kappa shape index (κ3) is 4.17. The van der Waals surface area contributed by atoms with Crippen LogP contribution >= 0.6 is 11.3 Å². The minimum absolute atomic E-state index is 0.0402. The molecule has 0 fully saturated rings. The van der Waals surface area contributed by atoms with E-state index in [0.717, 1.165) is 22.5 Å².